The summed E-state index contributed by atoms with van der Waals surface area (Å²) < 4.78 is 5.97. The van der Waals surface area contributed by atoms with Crippen LogP contribution in [-0.2, 0) is 4.79 Å². The fourth-order valence-electron chi connectivity index (χ4n) is 3.41. The van der Waals surface area contributed by atoms with Gasteiger partial charge < -0.3 is 4.42 Å². The average Bonchev–Trinajstić information content (AvgIpc) is 3.39. The van der Waals surface area contributed by atoms with Crippen molar-refractivity contribution in [2.24, 2.45) is 4.99 Å². The van der Waals surface area contributed by atoms with E-state index in [1.807, 2.05) is 91.9 Å². The Morgan fingerprint density at radius 2 is 1.76 bits per heavy atom. The quantitative estimate of drug-likeness (QED) is 0.297. The largest absolute Gasteiger partial charge is 0.457 e. The lowest BCUT2D eigenvalue weighted by molar-refractivity contribution is -0.113. The summed E-state index contributed by atoms with van der Waals surface area (Å²) in [6.07, 6.45) is 1.73. The van der Waals surface area contributed by atoms with E-state index < -0.39 is 0 Å². The van der Waals surface area contributed by atoms with Gasteiger partial charge in [0.15, 0.2) is 11.0 Å². The van der Waals surface area contributed by atoms with Gasteiger partial charge in [0.25, 0.3) is 5.91 Å². The van der Waals surface area contributed by atoms with Gasteiger partial charge in [-0.15, -0.1) is 0 Å². The fourth-order valence-corrected chi connectivity index (χ4v) is 4.61. The van der Waals surface area contributed by atoms with Gasteiger partial charge in [0.05, 0.1) is 15.6 Å². The van der Waals surface area contributed by atoms with Crippen molar-refractivity contribution in [2.75, 3.05) is 4.90 Å². The third kappa shape index (κ3) is 4.49. The minimum atomic E-state index is -0.173. The van der Waals surface area contributed by atoms with Gasteiger partial charge in [-0.3, -0.25) is 9.69 Å². The van der Waals surface area contributed by atoms with E-state index in [0.29, 0.717) is 32.4 Å². The molecule has 2 aromatic carbocycles. The summed E-state index contributed by atoms with van der Waals surface area (Å²) in [7, 11) is 0. The van der Waals surface area contributed by atoms with E-state index in [1.54, 1.807) is 11.0 Å². The molecule has 0 bridgehead atoms. The van der Waals surface area contributed by atoms with Crippen LogP contribution in [0.5, 0.6) is 0 Å². The molecule has 0 saturated carbocycles. The molecule has 0 N–H and O–H groups in total. The number of halogens is 1. The van der Waals surface area contributed by atoms with Crippen LogP contribution in [0.25, 0.3) is 17.4 Å². The molecule has 5 rings (SSSR count). The van der Waals surface area contributed by atoms with Crippen LogP contribution < -0.4 is 4.90 Å². The van der Waals surface area contributed by atoms with E-state index in [9.17, 15) is 4.79 Å². The normalized spacial score (nSPS) is 16.2. The van der Waals surface area contributed by atoms with Gasteiger partial charge in [0.1, 0.15) is 11.5 Å². The molecule has 33 heavy (non-hydrogen) atoms. The zero-order valence-corrected chi connectivity index (χ0v) is 19.2. The van der Waals surface area contributed by atoms with E-state index in [1.165, 1.54) is 11.8 Å². The summed E-state index contributed by atoms with van der Waals surface area (Å²) in [5.41, 5.74) is 2.39. The molecule has 2 aromatic heterocycles. The monoisotopic (exact) mass is 471 g/mol. The molecule has 1 aliphatic heterocycles. The van der Waals surface area contributed by atoms with Crippen LogP contribution in [-0.4, -0.2) is 16.1 Å². The van der Waals surface area contributed by atoms with E-state index in [4.69, 9.17) is 16.0 Å². The number of hydrogen-bond donors (Lipinski definition) is 0. The third-order valence-corrected chi connectivity index (χ3v) is 6.24. The number of hydrogen-bond acceptors (Lipinski definition) is 5. The highest BCUT2D eigenvalue weighted by Crippen LogP contribution is 2.38. The summed E-state index contributed by atoms with van der Waals surface area (Å²) in [5, 5.41) is 1.14. The van der Waals surface area contributed by atoms with Gasteiger partial charge in [-0.2, -0.15) is 0 Å². The molecule has 4 aromatic rings. The second-order valence-electron chi connectivity index (χ2n) is 7.30. The lowest BCUT2D eigenvalue weighted by Gasteiger charge is -2.15. The van der Waals surface area contributed by atoms with E-state index in [-0.39, 0.29) is 5.91 Å². The highest BCUT2D eigenvalue weighted by molar-refractivity contribution is 8.19. The first-order chi connectivity index (χ1) is 16.1. The third-order valence-electron chi connectivity index (χ3n) is 4.94. The Morgan fingerprint density at radius 3 is 2.55 bits per heavy atom. The van der Waals surface area contributed by atoms with Crippen LogP contribution in [0.3, 0.4) is 0 Å². The molecule has 3 heterocycles. The topological polar surface area (TPSA) is 58.7 Å². The van der Waals surface area contributed by atoms with Crippen LogP contribution in [0.1, 0.15) is 11.5 Å². The number of rotatable bonds is 4. The number of para-hydroxylation sites is 1. The number of aromatic nitrogens is 1. The zero-order chi connectivity index (χ0) is 22.8. The van der Waals surface area contributed by atoms with Crippen molar-refractivity contribution >= 4 is 52.0 Å². The van der Waals surface area contributed by atoms with Crippen LogP contribution in [0.2, 0.25) is 5.02 Å². The molecule has 1 aliphatic rings. The first-order valence-electron chi connectivity index (χ1n) is 10.2. The number of carbonyl (C=O) groups is 1. The molecule has 5 nitrogen and oxygen atoms in total. The van der Waals surface area contributed by atoms with Crippen molar-refractivity contribution in [1.82, 2.24) is 4.98 Å². The number of amidine groups is 1. The molecule has 0 spiro atoms. The van der Waals surface area contributed by atoms with Crippen molar-refractivity contribution in [1.29, 1.82) is 0 Å². The van der Waals surface area contributed by atoms with Gasteiger partial charge >= 0.3 is 0 Å². The molecule has 1 amide bonds. The zero-order valence-electron chi connectivity index (χ0n) is 17.6. The summed E-state index contributed by atoms with van der Waals surface area (Å²) >= 11 is 7.58. The number of nitrogens with zero attached hydrogens (tertiary/aromatic N) is 3. The lowest BCUT2D eigenvalue weighted by atomic mass is 10.2. The number of furan rings is 1. The number of benzene rings is 2. The molecule has 0 atom stereocenters. The van der Waals surface area contributed by atoms with Crippen LogP contribution in [0, 0.1) is 6.92 Å². The van der Waals surface area contributed by atoms with E-state index in [0.717, 1.165) is 16.9 Å². The van der Waals surface area contributed by atoms with Crippen LogP contribution in [0.15, 0.2) is 99.2 Å². The lowest BCUT2D eigenvalue weighted by Crippen LogP contribution is -2.28. The molecule has 1 saturated heterocycles. The van der Waals surface area contributed by atoms with Crippen molar-refractivity contribution < 1.29 is 9.21 Å². The minimum absolute atomic E-state index is 0.173. The SMILES string of the molecule is Cc1cccc(/N=C2/S/C(=C/c3ccc(-c4ccccc4Cl)o3)C(=O)N2c2ccccc2)n1. The predicted octanol–water partition coefficient (Wildman–Crippen LogP) is 7.11. The number of pyridine rings is 1. The van der Waals surface area contributed by atoms with Crippen molar-refractivity contribution in [3.63, 3.8) is 0 Å². The standard InChI is InChI=1S/C26H18ClN3O2S/c1-17-8-7-13-24(28-17)29-26-30(18-9-3-2-4-10-18)25(31)23(33-26)16-19-14-15-22(32-19)20-11-5-6-12-21(20)27/h2-16H,1H3/b23-16+,29-26+. The summed E-state index contributed by atoms with van der Waals surface area (Å²) in [6, 6.07) is 26.2. The first-order valence-corrected chi connectivity index (χ1v) is 11.4. The second kappa shape index (κ2) is 9.10. The highest BCUT2D eigenvalue weighted by Gasteiger charge is 2.35. The minimum Gasteiger partial charge on any atom is -0.457 e. The molecule has 0 unspecified atom stereocenters. The molecular weight excluding hydrogens is 454 g/mol. The number of anilines is 1. The molecule has 162 valence electrons. The number of amides is 1. The maximum atomic E-state index is 13.4. The highest BCUT2D eigenvalue weighted by atomic mass is 35.5. The van der Waals surface area contributed by atoms with E-state index in [2.05, 4.69) is 9.98 Å². The molecule has 0 aliphatic carbocycles. The van der Waals surface area contributed by atoms with Crippen molar-refractivity contribution in [3.8, 4) is 11.3 Å². The number of aryl methyl sites for hydroxylation is 1. The Kier molecular flexibility index (Phi) is 5.86. The van der Waals surface area contributed by atoms with Crippen LogP contribution in [0.4, 0.5) is 11.5 Å². The second-order valence-corrected chi connectivity index (χ2v) is 8.72. The fraction of sp³-hybridized carbons (Fsp3) is 0.0385. The van der Waals surface area contributed by atoms with Gasteiger partial charge in [-0.1, -0.05) is 48.0 Å². The number of aliphatic imine (C=N–C) groups is 1. The van der Waals surface area contributed by atoms with Crippen LogP contribution >= 0.6 is 23.4 Å². The predicted molar refractivity (Wildman–Crippen MR) is 135 cm³/mol. The summed E-state index contributed by atoms with van der Waals surface area (Å²) in [5.74, 6) is 1.57. The Balaban J connectivity index is 1.52. The first kappa shape index (κ1) is 21.2. The number of thioether (sulfide) groups is 1. The van der Waals surface area contributed by atoms with Gasteiger partial charge in [0, 0.05) is 17.3 Å². The molecule has 7 heteroatoms. The molecular formula is C26H18ClN3O2S. The van der Waals surface area contributed by atoms with Crippen molar-refractivity contribution in [3.05, 3.63) is 106 Å². The Bertz CT molecular complexity index is 1400. The molecule has 1 fully saturated rings. The smallest absolute Gasteiger partial charge is 0.271 e. The van der Waals surface area contributed by atoms with Gasteiger partial charge in [-0.05, 0) is 67.2 Å². The number of carbonyl (C=O) groups excluding carboxylic acids is 1. The van der Waals surface area contributed by atoms with Crippen molar-refractivity contribution in [2.45, 2.75) is 6.92 Å². The summed E-state index contributed by atoms with van der Waals surface area (Å²) in [6.45, 7) is 1.91. The Labute approximate surface area is 200 Å². The summed E-state index contributed by atoms with van der Waals surface area (Å²) in [4.78, 5) is 24.6. The Hall–Kier alpha value is -3.61. The Morgan fingerprint density at radius 1 is 0.970 bits per heavy atom. The average molecular weight is 472 g/mol. The van der Waals surface area contributed by atoms with E-state index >= 15 is 0 Å². The van der Waals surface area contributed by atoms with Gasteiger partial charge in [0.2, 0.25) is 0 Å². The molecule has 0 radical (unpaired) electrons. The maximum absolute atomic E-state index is 13.4. The van der Waals surface area contributed by atoms with Gasteiger partial charge in [-0.25, -0.2) is 9.98 Å². The maximum Gasteiger partial charge on any atom is 0.271 e.